The lowest BCUT2D eigenvalue weighted by Gasteiger charge is -2.36. The Balaban J connectivity index is 1.71. The molecule has 154 valence electrons. The highest BCUT2D eigenvalue weighted by atomic mass is 79.9. The van der Waals surface area contributed by atoms with Gasteiger partial charge in [-0.05, 0) is 36.8 Å². The fraction of sp³-hybridized carbons (Fsp3) is 0.350. The van der Waals surface area contributed by atoms with Crippen LogP contribution >= 0.6 is 15.9 Å². The van der Waals surface area contributed by atoms with Crippen molar-refractivity contribution in [2.45, 2.75) is 19.1 Å². The zero-order chi connectivity index (χ0) is 21.0. The SMILES string of the molecule is COc1ccc(NC(=O)C(C)N2CCOC(c3cccc(Br)c3)C2)c([N+](=O)[O-])c1. The summed E-state index contributed by atoms with van der Waals surface area (Å²) in [5.74, 6) is 0.0425. The van der Waals surface area contributed by atoms with Gasteiger partial charge in [-0.25, -0.2) is 0 Å². The van der Waals surface area contributed by atoms with Gasteiger partial charge in [-0.3, -0.25) is 19.8 Å². The molecule has 9 heteroatoms. The number of hydrogen-bond donors (Lipinski definition) is 1. The van der Waals surface area contributed by atoms with Gasteiger partial charge in [-0.15, -0.1) is 0 Å². The fourth-order valence-electron chi connectivity index (χ4n) is 3.23. The topological polar surface area (TPSA) is 93.9 Å². The Bertz CT molecular complexity index is 907. The Kier molecular flexibility index (Phi) is 6.83. The number of methoxy groups -OCH3 is 1. The lowest BCUT2D eigenvalue weighted by molar-refractivity contribution is -0.384. The number of nitrogens with one attached hydrogen (secondary N) is 1. The van der Waals surface area contributed by atoms with E-state index >= 15 is 0 Å². The average Bonchev–Trinajstić information content (AvgIpc) is 2.73. The molecule has 29 heavy (non-hydrogen) atoms. The van der Waals surface area contributed by atoms with Crippen LogP contribution in [0.4, 0.5) is 11.4 Å². The molecule has 0 saturated carbocycles. The number of ether oxygens (including phenoxy) is 2. The van der Waals surface area contributed by atoms with Crippen molar-refractivity contribution in [3.05, 3.63) is 62.6 Å². The summed E-state index contributed by atoms with van der Waals surface area (Å²) in [5, 5.41) is 14.0. The van der Waals surface area contributed by atoms with Crippen LogP contribution in [0.5, 0.6) is 5.75 Å². The van der Waals surface area contributed by atoms with E-state index < -0.39 is 11.0 Å². The van der Waals surface area contributed by atoms with Crippen LogP contribution in [-0.4, -0.2) is 48.6 Å². The molecule has 1 amide bonds. The predicted octanol–water partition coefficient (Wildman–Crippen LogP) is 3.77. The van der Waals surface area contributed by atoms with Gasteiger partial charge in [0.1, 0.15) is 11.4 Å². The van der Waals surface area contributed by atoms with Gasteiger partial charge < -0.3 is 14.8 Å². The third kappa shape index (κ3) is 5.11. The van der Waals surface area contributed by atoms with Gasteiger partial charge in [-0.2, -0.15) is 0 Å². The Hall–Kier alpha value is -2.49. The first kappa shape index (κ1) is 21.2. The molecule has 2 aromatic carbocycles. The summed E-state index contributed by atoms with van der Waals surface area (Å²) in [6.07, 6.45) is -0.146. The number of carbonyl (C=O) groups excluding carboxylic acids is 1. The number of nitro groups is 1. The molecule has 1 N–H and O–H groups in total. The minimum Gasteiger partial charge on any atom is -0.496 e. The highest BCUT2D eigenvalue weighted by Gasteiger charge is 2.30. The van der Waals surface area contributed by atoms with Gasteiger partial charge in [-0.1, -0.05) is 28.1 Å². The van der Waals surface area contributed by atoms with Crippen molar-refractivity contribution >= 4 is 33.2 Å². The van der Waals surface area contributed by atoms with Gasteiger partial charge in [0.05, 0.1) is 36.9 Å². The second kappa shape index (κ2) is 9.34. The number of hydrogen-bond acceptors (Lipinski definition) is 6. The van der Waals surface area contributed by atoms with Gasteiger partial charge in [0.2, 0.25) is 5.91 Å². The number of nitro benzene ring substituents is 1. The number of amides is 1. The van der Waals surface area contributed by atoms with Crippen LogP contribution in [0.15, 0.2) is 46.9 Å². The average molecular weight is 464 g/mol. The Labute approximate surface area is 177 Å². The number of anilines is 1. The molecule has 2 unspecified atom stereocenters. The van der Waals surface area contributed by atoms with E-state index in [9.17, 15) is 14.9 Å². The molecule has 0 spiro atoms. The maximum atomic E-state index is 12.8. The van der Waals surface area contributed by atoms with Crippen LogP contribution in [0.3, 0.4) is 0 Å². The second-order valence-corrected chi connectivity index (χ2v) is 7.63. The van der Waals surface area contributed by atoms with Crippen LogP contribution in [-0.2, 0) is 9.53 Å². The Morgan fingerprint density at radius 3 is 2.86 bits per heavy atom. The lowest BCUT2D eigenvalue weighted by Crippen LogP contribution is -2.48. The molecule has 1 aliphatic rings. The molecule has 0 radical (unpaired) electrons. The number of morpholine rings is 1. The smallest absolute Gasteiger partial charge is 0.296 e. The zero-order valence-corrected chi connectivity index (χ0v) is 17.7. The standard InChI is InChI=1S/C20H22BrN3O5/c1-13(20(25)22-17-7-6-16(28-2)11-18(17)24(26)27)23-8-9-29-19(12-23)14-4-3-5-15(21)10-14/h3-7,10-11,13,19H,8-9,12H2,1-2H3,(H,22,25). The molecule has 0 aromatic heterocycles. The minimum atomic E-state index is -0.541. The highest BCUT2D eigenvalue weighted by Crippen LogP contribution is 2.30. The molecule has 0 bridgehead atoms. The fourth-order valence-corrected chi connectivity index (χ4v) is 3.64. The van der Waals surface area contributed by atoms with Crippen molar-refractivity contribution in [1.29, 1.82) is 0 Å². The number of rotatable bonds is 6. The monoisotopic (exact) mass is 463 g/mol. The van der Waals surface area contributed by atoms with Crippen molar-refractivity contribution in [2.24, 2.45) is 0 Å². The van der Waals surface area contributed by atoms with E-state index in [4.69, 9.17) is 9.47 Å². The van der Waals surface area contributed by atoms with E-state index in [1.54, 1.807) is 13.0 Å². The first-order chi connectivity index (χ1) is 13.9. The van der Waals surface area contributed by atoms with Crippen molar-refractivity contribution < 1.29 is 19.2 Å². The third-order valence-corrected chi connectivity index (χ3v) is 5.40. The predicted molar refractivity (Wildman–Crippen MR) is 112 cm³/mol. The van der Waals surface area contributed by atoms with Gasteiger partial charge >= 0.3 is 0 Å². The number of nitrogens with zero attached hydrogens (tertiary/aromatic N) is 2. The Morgan fingerprint density at radius 1 is 1.38 bits per heavy atom. The molecule has 3 rings (SSSR count). The molecule has 1 aliphatic heterocycles. The van der Waals surface area contributed by atoms with E-state index in [0.717, 1.165) is 10.0 Å². The number of carbonyl (C=O) groups is 1. The highest BCUT2D eigenvalue weighted by molar-refractivity contribution is 9.10. The Morgan fingerprint density at radius 2 is 2.17 bits per heavy atom. The molecule has 2 atom stereocenters. The van der Waals surface area contributed by atoms with E-state index in [-0.39, 0.29) is 23.4 Å². The van der Waals surface area contributed by atoms with Gasteiger partial charge in [0.15, 0.2) is 0 Å². The quantitative estimate of drug-likeness (QED) is 0.517. The van der Waals surface area contributed by atoms with Crippen LogP contribution in [0, 0.1) is 10.1 Å². The van der Waals surface area contributed by atoms with Crippen molar-refractivity contribution in [3.63, 3.8) is 0 Å². The molecule has 0 aliphatic carbocycles. The van der Waals surface area contributed by atoms with Crippen molar-refractivity contribution in [2.75, 3.05) is 32.1 Å². The largest absolute Gasteiger partial charge is 0.496 e. The van der Waals surface area contributed by atoms with Crippen molar-refractivity contribution in [1.82, 2.24) is 4.90 Å². The molecule has 8 nitrogen and oxygen atoms in total. The van der Waals surface area contributed by atoms with Crippen LogP contribution in [0.1, 0.15) is 18.6 Å². The summed E-state index contributed by atoms with van der Waals surface area (Å²) in [6, 6.07) is 11.7. The summed E-state index contributed by atoms with van der Waals surface area (Å²) in [5.41, 5.74) is 0.964. The van der Waals surface area contributed by atoms with E-state index in [1.807, 2.05) is 29.2 Å². The molecule has 2 aromatic rings. The maximum Gasteiger partial charge on any atom is 0.296 e. The first-order valence-electron chi connectivity index (χ1n) is 9.13. The normalized spacial score (nSPS) is 18.1. The van der Waals surface area contributed by atoms with E-state index in [1.165, 1.54) is 19.2 Å². The van der Waals surface area contributed by atoms with Crippen LogP contribution < -0.4 is 10.1 Å². The second-order valence-electron chi connectivity index (χ2n) is 6.71. The molecular weight excluding hydrogens is 442 g/mol. The maximum absolute atomic E-state index is 12.8. The summed E-state index contributed by atoms with van der Waals surface area (Å²) >= 11 is 3.46. The first-order valence-corrected chi connectivity index (χ1v) is 9.92. The summed E-state index contributed by atoms with van der Waals surface area (Å²) in [6.45, 7) is 3.44. The summed E-state index contributed by atoms with van der Waals surface area (Å²) in [7, 11) is 1.43. The van der Waals surface area contributed by atoms with Gasteiger partial charge in [0.25, 0.3) is 5.69 Å². The van der Waals surface area contributed by atoms with Gasteiger partial charge in [0, 0.05) is 17.6 Å². The minimum absolute atomic E-state index is 0.143. The van der Waals surface area contributed by atoms with E-state index in [0.29, 0.717) is 25.4 Å². The lowest BCUT2D eigenvalue weighted by atomic mass is 10.1. The number of halogens is 1. The molecule has 1 saturated heterocycles. The number of benzene rings is 2. The van der Waals surface area contributed by atoms with E-state index in [2.05, 4.69) is 21.2 Å². The molecular formula is C20H22BrN3O5. The molecule has 1 fully saturated rings. The third-order valence-electron chi connectivity index (χ3n) is 4.90. The zero-order valence-electron chi connectivity index (χ0n) is 16.1. The summed E-state index contributed by atoms with van der Waals surface area (Å²) in [4.78, 5) is 25.6. The summed E-state index contributed by atoms with van der Waals surface area (Å²) < 4.78 is 11.9. The molecule has 1 heterocycles. The van der Waals surface area contributed by atoms with Crippen LogP contribution in [0.2, 0.25) is 0 Å². The van der Waals surface area contributed by atoms with Crippen molar-refractivity contribution in [3.8, 4) is 5.75 Å². The van der Waals surface area contributed by atoms with Crippen LogP contribution in [0.25, 0.3) is 0 Å².